The Balaban J connectivity index is 1.91. The van der Waals surface area contributed by atoms with Gasteiger partial charge in [0.15, 0.2) is 16.6 Å². The molecule has 150 valence electrons. The van der Waals surface area contributed by atoms with E-state index in [9.17, 15) is 4.79 Å². The topological polar surface area (TPSA) is 62.8 Å². The average molecular weight is 420 g/mol. The number of methoxy groups -OCH3 is 2. The van der Waals surface area contributed by atoms with Crippen molar-refractivity contribution in [3.05, 3.63) is 45.6 Å². The molecule has 0 spiro atoms. The number of nitrogens with one attached hydrogen (secondary N) is 2. The molecule has 0 bridgehead atoms. The minimum Gasteiger partial charge on any atom is -0.493 e. The summed E-state index contributed by atoms with van der Waals surface area (Å²) in [5.41, 5.74) is 2.28. The van der Waals surface area contributed by atoms with E-state index in [1.165, 1.54) is 16.9 Å². The third-order valence-corrected chi connectivity index (χ3v) is 6.04. The summed E-state index contributed by atoms with van der Waals surface area (Å²) in [7, 11) is 3.26. The first-order valence-corrected chi connectivity index (χ1v) is 10.5. The lowest BCUT2D eigenvalue weighted by molar-refractivity contribution is 0.0946. The van der Waals surface area contributed by atoms with Crippen molar-refractivity contribution in [2.45, 2.75) is 19.4 Å². The molecular formula is C20H25N3O3S2. The van der Waals surface area contributed by atoms with Gasteiger partial charge in [0.1, 0.15) is 0 Å². The maximum atomic E-state index is 12.5. The standard InChI is InChI=1S/C20H25N3O3S2/c1-4-21-20(27)23-8-7-13-10-16(25-2)17(26-3)11-14(13)15(23)12-22-19(24)18-6-5-9-28-18/h5-6,9-11,15H,4,7-8,12H2,1-3H3,(H,21,27)(H,22,24). The molecule has 1 aromatic heterocycles. The number of hydrogen-bond acceptors (Lipinski definition) is 5. The van der Waals surface area contributed by atoms with Crippen LogP contribution >= 0.6 is 23.6 Å². The summed E-state index contributed by atoms with van der Waals surface area (Å²) in [4.78, 5) is 15.3. The fourth-order valence-corrected chi connectivity index (χ4v) is 4.43. The van der Waals surface area contributed by atoms with Crippen LogP contribution < -0.4 is 20.1 Å². The van der Waals surface area contributed by atoms with Crippen LogP contribution in [0.15, 0.2) is 29.6 Å². The Morgan fingerprint density at radius 3 is 2.68 bits per heavy atom. The lowest BCUT2D eigenvalue weighted by Gasteiger charge is -2.39. The van der Waals surface area contributed by atoms with E-state index in [2.05, 4.69) is 15.5 Å². The zero-order valence-corrected chi connectivity index (χ0v) is 17.9. The molecule has 28 heavy (non-hydrogen) atoms. The number of carbonyl (C=O) groups excluding carboxylic acids is 1. The molecule has 2 heterocycles. The predicted molar refractivity (Wildman–Crippen MR) is 116 cm³/mol. The Bertz CT molecular complexity index is 839. The largest absolute Gasteiger partial charge is 0.493 e. The molecule has 1 aliphatic rings. The van der Waals surface area contributed by atoms with Crippen LogP contribution in [-0.2, 0) is 6.42 Å². The normalized spacial score (nSPS) is 15.5. The van der Waals surface area contributed by atoms with E-state index in [0.29, 0.717) is 28.0 Å². The van der Waals surface area contributed by atoms with Crippen molar-refractivity contribution in [2.75, 3.05) is 33.9 Å². The number of carbonyl (C=O) groups is 1. The fourth-order valence-electron chi connectivity index (χ4n) is 3.43. The van der Waals surface area contributed by atoms with E-state index in [-0.39, 0.29) is 11.9 Å². The number of ether oxygens (including phenoxy) is 2. The van der Waals surface area contributed by atoms with E-state index in [1.807, 2.05) is 36.6 Å². The smallest absolute Gasteiger partial charge is 0.261 e. The minimum atomic E-state index is -0.0842. The van der Waals surface area contributed by atoms with Crippen molar-refractivity contribution in [1.82, 2.24) is 15.5 Å². The number of fused-ring (bicyclic) bond motifs is 1. The summed E-state index contributed by atoms with van der Waals surface area (Å²) < 4.78 is 11.0. The predicted octanol–water partition coefficient (Wildman–Crippen LogP) is 2.99. The molecule has 0 radical (unpaired) electrons. The Kier molecular flexibility index (Phi) is 6.74. The molecule has 6 nitrogen and oxygen atoms in total. The highest BCUT2D eigenvalue weighted by Gasteiger charge is 2.31. The van der Waals surface area contributed by atoms with Gasteiger partial charge in [0.2, 0.25) is 0 Å². The van der Waals surface area contributed by atoms with Crippen LogP contribution in [0.2, 0.25) is 0 Å². The monoisotopic (exact) mass is 419 g/mol. The quantitative estimate of drug-likeness (QED) is 0.702. The van der Waals surface area contributed by atoms with Gasteiger partial charge >= 0.3 is 0 Å². The van der Waals surface area contributed by atoms with E-state index in [0.717, 1.165) is 25.1 Å². The van der Waals surface area contributed by atoms with Crippen LogP contribution in [0.3, 0.4) is 0 Å². The fraction of sp³-hybridized carbons (Fsp3) is 0.400. The van der Waals surface area contributed by atoms with Gasteiger partial charge in [0.25, 0.3) is 5.91 Å². The highest BCUT2D eigenvalue weighted by Crippen LogP contribution is 2.38. The first-order chi connectivity index (χ1) is 13.6. The molecule has 8 heteroatoms. The lowest BCUT2D eigenvalue weighted by Crippen LogP contribution is -2.48. The number of nitrogens with zero attached hydrogens (tertiary/aromatic N) is 1. The van der Waals surface area contributed by atoms with Crippen LogP contribution in [0.5, 0.6) is 11.5 Å². The molecule has 0 aliphatic carbocycles. The molecule has 1 amide bonds. The Morgan fingerprint density at radius 2 is 2.04 bits per heavy atom. The summed E-state index contributed by atoms with van der Waals surface area (Å²) in [6.07, 6.45) is 0.844. The van der Waals surface area contributed by atoms with E-state index in [4.69, 9.17) is 21.7 Å². The van der Waals surface area contributed by atoms with Crippen LogP contribution in [0, 0.1) is 0 Å². The average Bonchev–Trinajstić information content (AvgIpc) is 3.25. The van der Waals surface area contributed by atoms with Gasteiger partial charge in [0, 0.05) is 19.6 Å². The second kappa shape index (κ2) is 9.25. The van der Waals surface area contributed by atoms with Gasteiger partial charge in [-0.15, -0.1) is 11.3 Å². The number of thiophene rings is 1. The summed E-state index contributed by atoms with van der Waals surface area (Å²) in [5.74, 6) is 1.31. The SMILES string of the molecule is CCNC(=S)N1CCc2cc(OC)c(OC)cc2C1CNC(=O)c1cccs1. The number of amides is 1. The molecule has 1 aromatic carbocycles. The zero-order valence-electron chi connectivity index (χ0n) is 16.3. The molecule has 1 unspecified atom stereocenters. The summed E-state index contributed by atoms with van der Waals surface area (Å²) >= 11 is 7.03. The van der Waals surface area contributed by atoms with Crippen LogP contribution in [0.1, 0.15) is 33.8 Å². The van der Waals surface area contributed by atoms with Crippen molar-refractivity contribution in [3.8, 4) is 11.5 Å². The van der Waals surface area contributed by atoms with Gasteiger partial charge in [-0.2, -0.15) is 0 Å². The van der Waals surface area contributed by atoms with Gasteiger partial charge in [-0.1, -0.05) is 6.07 Å². The first-order valence-electron chi connectivity index (χ1n) is 9.20. The molecule has 2 N–H and O–H groups in total. The third kappa shape index (κ3) is 4.23. The second-order valence-electron chi connectivity index (χ2n) is 6.39. The maximum Gasteiger partial charge on any atom is 0.261 e. The van der Waals surface area contributed by atoms with Gasteiger partial charge in [-0.25, -0.2) is 0 Å². The van der Waals surface area contributed by atoms with Crippen LogP contribution in [-0.4, -0.2) is 49.8 Å². The Hall–Kier alpha value is -2.32. The molecule has 1 atom stereocenters. The van der Waals surface area contributed by atoms with Gasteiger partial charge in [-0.3, -0.25) is 4.79 Å². The molecule has 0 fully saturated rings. The summed E-state index contributed by atoms with van der Waals surface area (Å²) in [5, 5.41) is 8.88. The molecule has 3 rings (SSSR count). The zero-order chi connectivity index (χ0) is 20.1. The van der Waals surface area contributed by atoms with E-state index < -0.39 is 0 Å². The summed E-state index contributed by atoms with van der Waals surface area (Å²) in [6.45, 7) is 3.99. The Morgan fingerprint density at radius 1 is 1.29 bits per heavy atom. The molecule has 0 saturated carbocycles. The first kappa shape index (κ1) is 20.4. The molecule has 1 aliphatic heterocycles. The highest BCUT2D eigenvalue weighted by atomic mass is 32.1. The minimum absolute atomic E-state index is 0.0723. The van der Waals surface area contributed by atoms with Crippen molar-refractivity contribution >= 4 is 34.6 Å². The number of thiocarbonyl (C=S) groups is 1. The van der Waals surface area contributed by atoms with Crippen LogP contribution in [0.25, 0.3) is 0 Å². The maximum absolute atomic E-state index is 12.5. The van der Waals surface area contributed by atoms with Crippen molar-refractivity contribution < 1.29 is 14.3 Å². The van der Waals surface area contributed by atoms with E-state index in [1.54, 1.807) is 14.2 Å². The van der Waals surface area contributed by atoms with Gasteiger partial charge < -0.3 is 25.0 Å². The summed E-state index contributed by atoms with van der Waals surface area (Å²) in [6, 6.07) is 7.63. The molecule has 0 saturated heterocycles. The van der Waals surface area contributed by atoms with E-state index >= 15 is 0 Å². The number of rotatable bonds is 6. The number of hydrogen-bond donors (Lipinski definition) is 2. The van der Waals surface area contributed by atoms with Crippen molar-refractivity contribution in [3.63, 3.8) is 0 Å². The van der Waals surface area contributed by atoms with Crippen molar-refractivity contribution in [2.24, 2.45) is 0 Å². The second-order valence-corrected chi connectivity index (χ2v) is 7.72. The highest BCUT2D eigenvalue weighted by molar-refractivity contribution is 7.80. The molecular weight excluding hydrogens is 394 g/mol. The lowest BCUT2D eigenvalue weighted by atomic mass is 9.92. The van der Waals surface area contributed by atoms with Gasteiger partial charge in [0.05, 0.1) is 25.1 Å². The van der Waals surface area contributed by atoms with Crippen LogP contribution in [0.4, 0.5) is 0 Å². The molecule has 2 aromatic rings. The third-order valence-electron chi connectivity index (χ3n) is 4.79. The van der Waals surface area contributed by atoms with Crippen molar-refractivity contribution in [1.29, 1.82) is 0 Å². The Labute approximate surface area is 174 Å². The number of benzene rings is 1. The van der Waals surface area contributed by atoms with Gasteiger partial charge in [-0.05, 0) is 60.3 Å².